The van der Waals surface area contributed by atoms with E-state index in [1.807, 2.05) is 6.92 Å². The van der Waals surface area contributed by atoms with Gasteiger partial charge in [-0.05, 0) is 20.3 Å². The van der Waals surface area contributed by atoms with Gasteiger partial charge in [-0.25, -0.2) is 4.98 Å². The number of hydrogen-bond acceptors (Lipinski definition) is 4. The van der Waals surface area contributed by atoms with Gasteiger partial charge in [0.15, 0.2) is 0 Å². The molecule has 0 aliphatic carbocycles. The van der Waals surface area contributed by atoms with Gasteiger partial charge in [-0.15, -0.1) is 0 Å². The highest BCUT2D eigenvalue weighted by molar-refractivity contribution is 5.69. The average Bonchev–Trinajstić information content (AvgIpc) is 2.61. The zero-order valence-electron chi connectivity index (χ0n) is 9.82. The molecule has 0 saturated carbocycles. The molecule has 3 N–H and O–H groups in total. The summed E-state index contributed by atoms with van der Waals surface area (Å²) in [5, 5.41) is 0. The summed E-state index contributed by atoms with van der Waals surface area (Å²) < 4.78 is 4.83. The topological polar surface area (TPSA) is 81.0 Å². The zero-order valence-corrected chi connectivity index (χ0v) is 9.82. The Morgan fingerprint density at radius 3 is 3.00 bits per heavy atom. The first-order chi connectivity index (χ1) is 7.61. The van der Waals surface area contributed by atoms with Crippen LogP contribution in [0.15, 0.2) is 6.20 Å². The maximum absolute atomic E-state index is 11.1. The Hall–Kier alpha value is -1.36. The lowest BCUT2D eigenvalue weighted by Crippen LogP contribution is -2.24. The normalized spacial score (nSPS) is 12.4. The fraction of sp³-hybridized carbons (Fsp3) is 0.636. The number of nitrogens with zero attached hydrogens (tertiary/aromatic N) is 1. The molecule has 90 valence electrons. The molecule has 5 nitrogen and oxygen atoms in total. The van der Waals surface area contributed by atoms with E-state index in [0.717, 1.165) is 11.5 Å². The van der Waals surface area contributed by atoms with Crippen molar-refractivity contribution in [2.75, 3.05) is 6.61 Å². The van der Waals surface area contributed by atoms with Crippen LogP contribution >= 0.6 is 0 Å². The number of aryl methyl sites for hydroxylation is 1. The molecular formula is C11H19N3O2. The number of carbonyl (C=O) groups excluding carboxylic acids is 1. The van der Waals surface area contributed by atoms with Crippen molar-refractivity contribution in [1.82, 2.24) is 9.97 Å². The maximum Gasteiger partial charge on any atom is 0.305 e. The molecule has 1 aromatic heterocycles. The summed E-state index contributed by atoms with van der Waals surface area (Å²) in [4.78, 5) is 18.3. The molecule has 0 spiro atoms. The highest BCUT2D eigenvalue weighted by Crippen LogP contribution is 2.04. The second-order valence-corrected chi connectivity index (χ2v) is 3.80. The SMILES string of the molecule is CCOC(=O)CCC(N)Cc1cnc(C)[nH]1. The van der Waals surface area contributed by atoms with Crippen molar-refractivity contribution in [3.8, 4) is 0 Å². The fourth-order valence-electron chi connectivity index (χ4n) is 1.50. The van der Waals surface area contributed by atoms with Crippen LogP contribution in [0.3, 0.4) is 0 Å². The molecule has 1 atom stereocenters. The molecule has 0 fully saturated rings. The number of esters is 1. The molecule has 0 amide bonds. The monoisotopic (exact) mass is 225 g/mol. The number of aromatic nitrogens is 2. The summed E-state index contributed by atoms with van der Waals surface area (Å²) in [7, 11) is 0. The predicted molar refractivity (Wildman–Crippen MR) is 60.9 cm³/mol. The van der Waals surface area contributed by atoms with Crippen LogP contribution in [0.25, 0.3) is 0 Å². The van der Waals surface area contributed by atoms with E-state index in [9.17, 15) is 4.79 Å². The number of rotatable bonds is 6. The number of hydrogen-bond donors (Lipinski definition) is 2. The molecule has 1 unspecified atom stereocenters. The molecule has 0 aliphatic heterocycles. The lowest BCUT2D eigenvalue weighted by Gasteiger charge is -2.09. The Morgan fingerprint density at radius 1 is 1.69 bits per heavy atom. The number of carbonyl (C=O) groups is 1. The molecule has 1 heterocycles. The van der Waals surface area contributed by atoms with Gasteiger partial charge in [0.1, 0.15) is 5.82 Å². The Balaban J connectivity index is 2.25. The third-order valence-corrected chi connectivity index (χ3v) is 2.26. The standard InChI is InChI=1S/C11H19N3O2/c1-3-16-11(15)5-4-9(12)6-10-7-13-8(2)14-10/h7,9H,3-6,12H2,1-2H3,(H,13,14). The van der Waals surface area contributed by atoms with Crippen LogP contribution in [0.2, 0.25) is 0 Å². The van der Waals surface area contributed by atoms with E-state index < -0.39 is 0 Å². The van der Waals surface area contributed by atoms with E-state index in [0.29, 0.717) is 25.9 Å². The third kappa shape index (κ3) is 4.44. The molecule has 5 heteroatoms. The van der Waals surface area contributed by atoms with Gasteiger partial charge in [-0.3, -0.25) is 4.79 Å². The molecule has 0 bridgehead atoms. The number of nitrogens with one attached hydrogen (secondary N) is 1. The van der Waals surface area contributed by atoms with E-state index in [-0.39, 0.29) is 12.0 Å². The van der Waals surface area contributed by atoms with Gasteiger partial charge in [-0.2, -0.15) is 0 Å². The van der Waals surface area contributed by atoms with Gasteiger partial charge < -0.3 is 15.5 Å². The van der Waals surface area contributed by atoms with Crippen LogP contribution in [0.1, 0.15) is 31.3 Å². The fourth-order valence-corrected chi connectivity index (χ4v) is 1.50. The largest absolute Gasteiger partial charge is 0.466 e. The smallest absolute Gasteiger partial charge is 0.305 e. The highest BCUT2D eigenvalue weighted by atomic mass is 16.5. The molecule has 0 radical (unpaired) electrons. The first kappa shape index (κ1) is 12.7. The summed E-state index contributed by atoms with van der Waals surface area (Å²) in [6.45, 7) is 4.12. The third-order valence-electron chi connectivity index (χ3n) is 2.26. The molecule has 0 aliphatic rings. The summed E-state index contributed by atoms with van der Waals surface area (Å²) in [6.07, 6.45) is 3.50. The van der Waals surface area contributed by atoms with E-state index >= 15 is 0 Å². The Morgan fingerprint density at radius 2 is 2.44 bits per heavy atom. The van der Waals surface area contributed by atoms with Crippen LogP contribution in [0.5, 0.6) is 0 Å². The van der Waals surface area contributed by atoms with Gasteiger partial charge in [-0.1, -0.05) is 0 Å². The van der Waals surface area contributed by atoms with Gasteiger partial charge >= 0.3 is 5.97 Å². The molecule has 1 aromatic rings. The van der Waals surface area contributed by atoms with E-state index in [2.05, 4.69) is 9.97 Å². The lowest BCUT2D eigenvalue weighted by atomic mass is 10.1. The Labute approximate surface area is 95.4 Å². The quantitative estimate of drug-likeness (QED) is 0.706. The zero-order chi connectivity index (χ0) is 12.0. The minimum Gasteiger partial charge on any atom is -0.466 e. The lowest BCUT2D eigenvalue weighted by molar-refractivity contribution is -0.143. The minimum atomic E-state index is -0.182. The molecule has 1 rings (SSSR count). The molecule has 0 saturated heterocycles. The first-order valence-electron chi connectivity index (χ1n) is 5.53. The van der Waals surface area contributed by atoms with Crippen molar-refractivity contribution in [1.29, 1.82) is 0 Å². The van der Waals surface area contributed by atoms with E-state index in [1.165, 1.54) is 0 Å². The van der Waals surface area contributed by atoms with Gasteiger partial charge in [0.2, 0.25) is 0 Å². The van der Waals surface area contributed by atoms with Crippen LogP contribution in [-0.4, -0.2) is 28.6 Å². The Kier molecular flexibility index (Phi) is 4.98. The minimum absolute atomic E-state index is 0.0377. The van der Waals surface area contributed by atoms with Crippen molar-refractivity contribution in [2.45, 2.75) is 39.2 Å². The van der Waals surface area contributed by atoms with Crippen LogP contribution < -0.4 is 5.73 Å². The number of aromatic amines is 1. The van der Waals surface area contributed by atoms with Crippen molar-refractivity contribution < 1.29 is 9.53 Å². The Bertz CT molecular complexity index is 336. The van der Waals surface area contributed by atoms with Crippen molar-refractivity contribution in [2.24, 2.45) is 5.73 Å². The van der Waals surface area contributed by atoms with E-state index in [1.54, 1.807) is 13.1 Å². The highest BCUT2D eigenvalue weighted by Gasteiger charge is 2.09. The average molecular weight is 225 g/mol. The molecule has 16 heavy (non-hydrogen) atoms. The number of imidazole rings is 1. The maximum atomic E-state index is 11.1. The summed E-state index contributed by atoms with van der Waals surface area (Å²) in [6, 6.07) is -0.0377. The summed E-state index contributed by atoms with van der Waals surface area (Å²) >= 11 is 0. The van der Waals surface area contributed by atoms with Crippen LogP contribution in [0.4, 0.5) is 0 Å². The summed E-state index contributed by atoms with van der Waals surface area (Å²) in [5.74, 6) is 0.700. The number of ether oxygens (including phenoxy) is 1. The number of H-pyrrole nitrogens is 1. The van der Waals surface area contributed by atoms with Crippen LogP contribution in [0, 0.1) is 6.92 Å². The van der Waals surface area contributed by atoms with Crippen molar-refractivity contribution >= 4 is 5.97 Å². The van der Waals surface area contributed by atoms with Crippen molar-refractivity contribution in [3.63, 3.8) is 0 Å². The van der Waals surface area contributed by atoms with Gasteiger partial charge in [0, 0.05) is 30.8 Å². The molecule has 0 aromatic carbocycles. The predicted octanol–water partition coefficient (Wildman–Crippen LogP) is 0.931. The van der Waals surface area contributed by atoms with E-state index in [4.69, 9.17) is 10.5 Å². The first-order valence-corrected chi connectivity index (χ1v) is 5.53. The van der Waals surface area contributed by atoms with Crippen LogP contribution in [-0.2, 0) is 16.0 Å². The van der Waals surface area contributed by atoms with Gasteiger partial charge in [0.25, 0.3) is 0 Å². The summed E-state index contributed by atoms with van der Waals surface area (Å²) in [5.41, 5.74) is 6.91. The number of nitrogens with two attached hydrogens (primary N) is 1. The van der Waals surface area contributed by atoms with Crippen molar-refractivity contribution in [3.05, 3.63) is 17.7 Å². The molecular weight excluding hydrogens is 206 g/mol. The van der Waals surface area contributed by atoms with Gasteiger partial charge in [0.05, 0.1) is 6.61 Å². The second-order valence-electron chi connectivity index (χ2n) is 3.80. The second kappa shape index (κ2) is 6.27.